The van der Waals surface area contributed by atoms with Gasteiger partial charge in [-0.3, -0.25) is 4.90 Å². The molecule has 2 heterocycles. The maximum Gasteiger partial charge on any atom is 0.0206 e. The molecular weight excluding hydrogens is 186 g/mol. The molecule has 0 aromatic rings. The van der Waals surface area contributed by atoms with E-state index >= 15 is 0 Å². The highest BCUT2D eigenvalue weighted by molar-refractivity contribution is 4.89. The van der Waals surface area contributed by atoms with Crippen LogP contribution in [0.3, 0.4) is 0 Å². The van der Waals surface area contributed by atoms with Crippen LogP contribution in [0.5, 0.6) is 0 Å². The van der Waals surface area contributed by atoms with E-state index in [0.29, 0.717) is 12.0 Å². The van der Waals surface area contributed by atoms with Crippen molar-refractivity contribution in [2.75, 3.05) is 32.7 Å². The molecule has 2 unspecified atom stereocenters. The molecule has 2 aliphatic rings. The molecule has 0 aromatic carbocycles. The minimum Gasteiger partial charge on any atom is -0.326 e. The van der Waals surface area contributed by atoms with Crippen LogP contribution in [0, 0.1) is 5.92 Å². The predicted molar refractivity (Wildman–Crippen MR) is 63.8 cm³/mol. The normalized spacial score (nSPS) is 36.2. The van der Waals surface area contributed by atoms with Crippen molar-refractivity contribution in [3.8, 4) is 0 Å². The van der Waals surface area contributed by atoms with Gasteiger partial charge in [-0.25, -0.2) is 0 Å². The topological polar surface area (TPSA) is 32.5 Å². The van der Waals surface area contributed by atoms with Crippen LogP contribution in [-0.2, 0) is 0 Å². The maximum atomic E-state index is 6.08. The summed E-state index contributed by atoms with van der Waals surface area (Å²) >= 11 is 0. The molecule has 88 valence electrons. The summed E-state index contributed by atoms with van der Waals surface area (Å²) in [7, 11) is 0. The summed E-state index contributed by atoms with van der Waals surface area (Å²) in [5, 5.41) is 0. The van der Waals surface area contributed by atoms with Crippen LogP contribution < -0.4 is 5.73 Å². The number of nitrogens with two attached hydrogens (primary N) is 1. The third-order valence-electron chi connectivity index (χ3n) is 4.22. The lowest BCUT2D eigenvalue weighted by atomic mass is 10.0. The van der Waals surface area contributed by atoms with E-state index in [-0.39, 0.29) is 0 Å². The largest absolute Gasteiger partial charge is 0.326 e. The van der Waals surface area contributed by atoms with E-state index in [0.717, 1.165) is 12.6 Å². The first kappa shape index (κ1) is 11.4. The molecule has 2 aliphatic heterocycles. The Morgan fingerprint density at radius 3 is 2.33 bits per heavy atom. The zero-order valence-electron chi connectivity index (χ0n) is 10.2. The van der Waals surface area contributed by atoms with Crippen molar-refractivity contribution in [2.24, 2.45) is 11.7 Å². The third kappa shape index (κ3) is 2.52. The van der Waals surface area contributed by atoms with Crippen LogP contribution >= 0.6 is 0 Å². The van der Waals surface area contributed by atoms with Crippen LogP contribution in [0.4, 0.5) is 0 Å². The van der Waals surface area contributed by atoms with Gasteiger partial charge in [-0.1, -0.05) is 13.8 Å². The summed E-state index contributed by atoms with van der Waals surface area (Å²) in [4.78, 5) is 5.18. The number of piperidine rings is 1. The smallest absolute Gasteiger partial charge is 0.0206 e. The number of nitrogens with zero attached hydrogens (tertiary/aromatic N) is 2. The van der Waals surface area contributed by atoms with Crippen molar-refractivity contribution in [1.82, 2.24) is 9.80 Å². The average Bonchev–Trinajstić information content (AvgIpc) is 2.59. The van der Waals surface area contributed by atoms with Crippen LogP contribution in [0.1, 0.15) is 26.7 Å². The average molecular weight is 211 g/mol. The molecule has 3 nitrogen and oxygen atoms in total. The Morgan fingerprint density at radius 1 is 1.20 bits per heavy atom. The van der Waals surface area contributed by atoms with Crippen molar-refractivity contribution < 1.29 is 0 Å². The summed E-state index contributed by atoms with van der Waals surface area (Å²) in [6, 6.07) is 1.22. The van der Waals surface area contributed by atoms with E-state index < -0.39 is 0 Å². The van der Waals surface area contributed by atoms with Gasteiger partial charge in [0.15, 0.2) is 0 Å². The first-order valence-corrected chi connectivity index (χ1v) is 6.42. The number of hydrogen-bond donors (Lipinski definition) is 1. The van der Waals surface area contributed by atoms with Crippen LogP contribution in [0.25, 0.3) is 0 Å². The molecule has 2 atom stereocenters. The van der Waals surface area contributed by atoms with Gasteiger partial charge in [-0.2, -0.15) is 0 Å². The summed E-state index contributed by atoms with van der Waals surface area (Å²) < 4.78 is 0. The van der Waals surface area contributed by atoms with Crippen molar-refractivity contribution in [3.05, 3.63) is 0 Å². The molecule has 2 saturated heterocycles. The molecule has 0 aliphatic carbocycles. The Hall–Kier alpha value is -0.120. The first-order valence-electron chi connectivity index (χ1n) is 6.42. The van der Waals surface area contributed by atoms with E-state index in [1.54, 1.807) is 0 Å². The third-order valence-corrected chi connectivity index (χ3v) is 4.22. The molecule has 0 saturated carbocycles. The summed E-state index contributed by atoms with van der Waals surface area (Å²) in [5.74, 6) is 0.689. The Morgan fingerprint density at radius 2 is 1.87 bits per heavy atom. The Balaban J connectivity index is 1.81. The molecule has 0 bridgehead atoms. The van der Waals surface area contributed by atoms with E-state index in [4.69, 9.17) is 5.73 Å². The highest BCUT2D eigenvalue weighted by Gasteiger charge is 2.32. The molecular formula is C12H25N3. The summed E-state index contributed by atoms with van der Waals surface area (Å²) in [6.07, 6.45) is 2.68. The van der Waals surface area contributed by atoms with Gasteiger partial charge < -0.3 is 10.6 Å². The number of rotatable bonds is 2. The standard InChI is InChI=1S/C12H25N3/c1-3-14-6-4-11(5-7-14)15-8-10(2)12(13)9-15/h10-12H,3-9,13H2,1-2H3. The molecule has 0 radical (unpaired) electrons. The van der Waals surface area contributed by atoms with Gasteiger partial charge in [-0.15, -0.1) is 0 Å². The van der Waals surface area contributed by atoms with Crippen LogP contribution in [0.2, 0.25) is 0 Å². The fourth-order valence-corrected chi connectivity index (χ4v) is 2.93. The second kappa shape index (κ2) is 4.81. The number of hydrogen-bond acceptors (Lipinski definition) is 3. The minimum atomic E-state index is 0.411. The molecule has 3 heteroatoms. The molecule has 0 amide bonds. The second-order valence-electron chi connectivity index (χ2n) is 5.26. The van der Waals surface area contributed by atoms with Crippen molar-refractivity contribution in [1.29, 1.82) is 0 Å². The van der Waals surface area contributed by atoms with E-state index in [1.165, 1.54) is 39.0 Å². The summed E-state index contributed by atoms with van der Waals surface area (Å²) in [5.41, 5.74) is 6.08. The van der Waals surface area contributed by atoms with Crippen molar-refractivity contribution >= 4 is 0 Å². The fourth-order valence-electron chi connectivity index (χ4n) is 2.93. The number of likely N-dealkylation sites (tertiary alicyclic amines) is 2. The van der Waals surface area contributed by atoms with E-state index in [2.05, 4.69) is 23.6 Å². The van der Waals surface area contributed by atoms with Gasteiger partial charge in [0.25, 0.3) is 0 Å². The van der Waals surface area contributed by atoms with Crippen molar-refractivity contribution in [2.45, 2.75) is 38.8 Å². The van der Waals surface area contributed by atoms with Gasteiger partial charge >= 0.3 is 0 Å². The molecule has 2 fully saturated rings. The summed E-state index contributed by atoms with van der Waals surface area (Å²) in [6.45, 7) is 10.7. The van der Waals surface area contributed by atoms with Gasteiger partial charge in [0.2, 0.25) is 0 Å². The lowest BCUT2D eigenvalue weighted by Gasteiger charge is -2.36. The van der Waals surface area contributed by atoms with Gasteiger partial charge in [0, 0.05) is 25.2 Å². The van der Waals surface area contributed by atoms with E-state index in [1.807, 2.05) is 0 Å². The van der Waals surface area contributed by atoms with E-state index in [9.17, 15) is 0 Å². The highest BCUT2D eigenvalue weighted by Crippen LogP contribution is 2.23. The zero-order chi connectivity index (χ0) is 10.8. The van der Waals surface area contributed by atoms with Crippen molar-refractivity contribution in [3.63, 3.8) is 0 Å². The lowest BCUT2D eigenvalue weighted by molar-refractivity contribution is 0.127. The Bertz CT molecular complexity index is 189. The maximum absolute atomic E-state index is 6.08. The zero-order valence-corrected chi connectivity index (χ0v) is 10.2. The lowest BCUT2D eigenvalue weighted by Crippen LogP contribution is -2.44. The van der Waals surface area contributed by atoms with Gasteiger partial charge in [-0.05, 0) is 38.4 Å². The molecule has 15 heavy (non-hydrogen) atoms. The fraction of sp³-hybridized carbons (Fsp3) is 1.00. The molecule has 2 N–H and O–H groups in total. The molecule has 0 spiro atoms. The second-order valence-corrected chi connectivity index (χ2v) is 5.26. The monoisotopic (exact) mass is 211 g/mol. The quantitative estimate of drug-likeness (QED) is 0.731. The Kier molecular flexibility index (Phi) is 3.65. The SMILES string of the molecule is CCN1CCC(N2CC(C)C(N)C2)CC1. The molecule has 2 rings (SSSR count). The van der Waals surface area contributed by atoms with Gasteiger partial charge in [0.1, 0.15) is 0 Å². The van der Waals surface area contributed by atoms with Gasteiger partial charge in [0.05, 0.1) is 0 Å². The highest BCUT2D eigenvalue weighted by atomic mass is 15.2. The Labute approximate surface area is 93.6 Å². The first-order chi connectivity index (χ1) is 7.20. The predicted octanol–water partition coefficient (Wildman–Crippen LogP) is 0.750. The van der Waals surface area contributed by atoms with Crippen LogP contribution in [-0.4, -0.2) is 54.6 Å². The molecule has 0 aromatic heterocycles. The minimum absolute atomic E-state index is 0.411. The van der Waals surface area contributed by atoms with Crippen LogP contribution in [0.15, 0.2) is 0 Å².